The standard InChI is InChI=1S/C10H21NO/c1-9(2)11-7-10(8-12)5-3-4-6-10/h9,11-12H,3-8H2,1-2H3. The molecule has 0 aromatic carbocycles. The van der Waals surface area contributed by atoms with Gasteiger partial charge in [-0.25, -0.2) is 0 Å². The molecule has 0 aliphatic heterocycles. The summed E-state index contributed by atoms with van der Waals surface area (Å²) in [5.41, 5.74) is 0.213. The Labute approximate surface area is 75.4 Å². The Balaban J connectivity index is 2.34. The summed E-state index contributed by atoms with van der Waals surface area (Å²) in [7, 11) is 0. The van der Waals surface area contributed by atoms with E-state index in [0.29, 0.717) is 12.6 Å². The van der Waals surface area contributed by atoms with Crippen LogP contribution < -0.4 is 5.32 Å². The van der Waals surface area contributed by atoms with E-state index in [1.807, 2.05) is 0 Å². The fraction of sp³-hybridized carbons (Fsp3) is 1.00. The van der Waals surface area contributed by atoms with Crippen molar-refractivity contribution in [3.05, 3.63) is 0 Å². The quantitative estimate of drug-likeness (QED) is 0.672. The third-order valence-corrected chi connectivity index (χ3v) is 2.88. The lowest BCUT2D eigenvalue weighted by atomic mass is 9.87. The van der Waals surface area contributed by atoms with E-state index >= 15 is 0 Å². The molecule has 0 aromatic heterocycles. The van der Waals surface area contributed by atoms with Gasteiger partial charge in [-0.1, -0.05) is 26.7 Å². The number of aliphatic hydroxyl groups is 1. The van der Waals surface area contributed by atoms with Crippen molar-refractivity contribution < 1.29 is 5.11 Å². The second-order valence-corrected chi connectivity index (χ2v) is 4.40. The summed E-state index contributed by atoms with van der Waals surface area (Å²) in [6.07, 6.45) is 4.98. The summed E-state index contributed by atoms with van der Waals surface area (Å²) in [4.78, 5) is 0. The Morgan fingerprint density at radius 1 is 1.33 bits per heavy atom. The molecule has 12 heavy (non-hydrogen) atoms. The lowest BCUT2D eigenvalue weighted by Crippen LogP contribution is -2.38. The van der Waals surface area contributed by atoms with Crippen LogP contribution >= 0.6 is 0 Å². The second kappa shape index (κ2) is 4.24. The number of rotatable bonds is 4. The minimum Gasteiger partial charge on any atom is -0.396 e. The number of hydrogen-bond donors (Lipinski definition) is 2. The zero-order chi connectivity index (χ0) is 9.03. The zero-order valence-corrected chi connectivity index (χ0v) is 8.27. The predicted octanol–water partition coefficient (Wildman–Crippen LogP) is 1.54. The van der Waals surface area contributed by atoms with Crippen LogP contribution in [0.1, 0.15) is 39.5 Å². The molecule has 1 rings (SSSR count). The van der Waals surface area contributed by atoms with Gasteiger partial charge in [0.2, 0.25) is 0 Å². The minimum absolute atomic E-state index is 0.213. The molecule has 0 aromatic rings. The highest BCUT2D eigenvalue weighted by Crippen LogP contribution is 2.36. The van der Waals surface area contributed by atoms with Gasteiger partial charge in [0.25, 0.3) is 0 Å². The maximum atomic E-state index is 9.29. The highest BCUT2D eigenvalue weighted by atomic mass is 16.3. The Morgan fingerprint density at radius 2 is 1.92 bits per heavy atom. The van der Waals surface area contributed by atoms with Crippen molar-refractivity contribution in [3.8, 4) is 0 Å². The summed E-state index contributed by atoms with van der Waals surface area (Å²) in [6, 6.07) is 0.536. The van der Waals surface area contributed by atoms with Gasteiger partial charge in [-0.2, -0.15) is 0 Å². The lowest BCUT2D eigenvalue weighted by molar-refractivity contribution is 0.126. The third-order valence-electron chi connectivity index (χ3n) is 2.88. The molecule has 0 saturated heterocycles. The maximum Gasteiger partial charge on any atom is 0.0499 e. The van der Waals surface area contributed by atoms with E-state index in [4.69, 9.17) is 0 Å². The summed E-state index contributed by atoms with van der Waals surface area (Å²) in [6.45, 7) is 5.65. The first-order valence-electron chi connectivity index (χ1n) is 5.03. The van der Waals surface area contributed by atoms with Crippen molar-refractivity contribution in [1.29, 1.82) is 0 Å². The molecule has 2 nitrogen and oxygen atoms in total. The molecule has 1 fully saturated rings. The van der Waals surface area contributed by atoms with Crippen molar-refractivity contribution in [2.75, 3.05) is 13.2 Å². The zero-order valence-electron chi connectivity index (χ0n) is 8.27. The molecule has 0 heterocycles. The highest BCUT2D eigenvalue weighted by Gasteiger charge is 2.32. The van der Waals surface area contributed by atoms with Crippen molar-refractivity contribution in [3.63, 3.8) is 0 Å². The van der Waals surface area contributed by atoms with Crippen LogP contribution in [0.5, 0.6) is 0 Å². The molecule has 1 saturated carbocycles. The Bertz CT molecular complexity index is 128. The maximum absolute atomic E-state index is 9.29. The Morgan fingerprint density at radius 3 is 2.33 bits per heavy atom. The normalized spacial score (nSPS) is 22.0. The van der Waals surface area contributed by atoms with Gasteiger partial charge >= 0.3 is 0 Å². The summed E-state index contributed by atoms with van der Waals surface area (Å²) in [5.74, 6) is 0. The average molecular weight is 171 g/mol. The molecular formula is C10H21NO. The van der Waals surface area contributed by atoms with E-state index in [-0.39, 0.29) is 5.41 Å². The molecule has 0 radical (unpaired) electrons. The molecule has 0 unspecified atom stereocenters. The molecule has 1 aliphatic rings. The van der Waals surface area contributed by atoms with Gasteiger partial charge in [-0.15, -0.1) is 0 Å². The topological polar surface area (TPSA) is 32.3 Å². The molecule has 2 N–H and O–H groups in total. The molecule has 2 heteroatoms. The van der Waals surface area contributed by atoms with Crippen molar-refractivity contribution in [1.82, 2.24) is 5.32 Å². The Hall–Kier alpha value is -0.0800. The van der Waals surface area contributed by atoms with E-state index in [1.54, 1.807) is 0 Å². The van der Waals surface area contributed by atoms with E-state index in [1.165, 1.54) is 25.7 Å². The summed E-state index contributed by atoms with van der Waals surface area (Å²) >= 11 is 0. The largest absolute Gasteiger partial charge is 0.396 e. The van der Waals surface area contributed by atoms with Crippen LogP contribution in [0.15, 0.2) is 0 Å². The Kier molecular flexibility index (Phi) is 3.53. The van der Waals surface area contributed by atoms with Gasteiger partial charge in [-0.05, 0) is 12.8 Å². The smallest absolute Gasteiger partial charge is 0.0499 e. The van der Waals surface area contributed by atoms with Gasteiger partial charge in [0.1, 0.15) is 0 Å². The average Bonchev–Trinajstić information content (AvgIpc) is 2.50. The molecule has 0 bridgehead atoms. The molecule has 1 aliphatic carbocycles. The van der Waals surface area contributed by atoms with E-state index < -0.39 is 0 Å². The highest BCUT2D eigenvalue weighted by molar-refractivity contribution is 4.86. The summed E-state index contributed by atoms with van der Waals surface area (Å²) < 4.78 is 0. The monoisotopic (exact) mass is 171 g/mol. The van der Waals surface area contributed by atoms with Crippen LogP contribution in [0.3, 0.4) is 0 Å². The molecule has 0 spiro atoms. The van der Waals surface area contributed by atoms with E-state index in [0.717, 1.165) is 6.54 Å². The van der Waals surface area contributed by atoms with Gasteiger partial charge in [-0.3, -0.25) is 0 Å². The fourth-order valence-electron chi connectivity index (χ4n) is 1.94. The van der Waals surface area contributed by atoms with Crippen LogP contribution in [-0.2, 0) is 0 Å². The predicted molar refractivity (Wildman–Crippen MR) is 51.1 cm³/mol. The molecule has 72 valence electrons. The third kappa shape index (κ3) is 2.46. The van der Waals surface area contributed by atoms with Crippen LogP contribution in [0.2, 0.25) is 0 Å². The van der Waals surface area contributed by atoms with Crippen LogP contribution in [-0.4, -0.2) is 24.3 Å². The van der Waals surface area contributed by atoms with Gasteiger partial charge in [0.05, 0.1) is 0 Å². The second-order valence-electron chi connectivity index (χ2n) is 4.40. The van der Waals surface area contributed by atoms with Crippen molar-refractivity contribution >= 4 is 0 Å². The SMILES string of the molecule is CC(C)NCC1(CO)CCCC1. The fourth-order valence-corrected chi connectivity index (χ4v) is 1.94. The number of hydrogen-bond acceptors (Lipinski definition) is 2. The first-order chi connectivity index (χ1) is 5.68. The first kappa shape index (κ1) is 10.0. The molecular weight excluding hydrogens is 150 g/mol. The van der Waals surface area contributed by atoms with Gasteiger partial charge < -0.3 is 10.4 Å². The van der Waals surface area contributed by atoms with E-state index in [9.17, 15) is 5.11 Å². The lowest BCUT2D eigenvalue weighted by Gasteiger charge is -2.27. The summed E-state index contributed by atoms with van der Waals surface area (Å²) in [5, 5.41) is 12.7. The first-order valence-corrected chi connectivity index (χ1v) is 5.03. The minimum atomic E-state index is 0.213. The number of nitrogens with one attached hydrogen (secondary N) is 1. The van der Waals surface area contributed by atoms with Crippen LogP contribution in [0.25, 0.3) is 0 Å². The van der Waals surface area contributed by atoms with Gasteiger partial charge in [0.15, 0.2) is 0 Å². The molecule has 0 atom stereocenters. The number of aliphatic hydroxyl groups excluding tert-OH is 1. The van der Waals surface area contributed by atoms with Crippen molar-refractivity contribution in [2.24, 2.45) is 5.41 Å². The van der Waals surface area contributed by atoms with Crippen LogP contribution in [0.4, 0.5) is 0 Å². The van der Waals surface area contributed by atoms with Gasteiger partial charge in [0, 0.05) is 24.6 Å². The molecule has 0 amide bonds. The van der Waals surface area contributed by atoms with Crippen molar-refractivity contribution in [2.45, 2.75) is 45.6 Å². The van der Waals surface area contributed by atoms with E-state index in [2.05, 4.69) is 19.2 Å². The van der Waals surface area contributed by atoms with Crippen LogP contribution in [0, 0.1) is 5.41 Å².